The highest BCUT2D eigenvalue weighted by atomic mass is 16.4. The predicted molar refractivity (Wildman–Crippen MR) is 153 cm³/mol. The molecule has 0 spiro atoms. The van der Waals surface area contributed by atoms with E-state index in [9.17, 15) is 14.7 Å². The van der Waals surface area contributed by atoms with E-state index in [-0.39, 0.29) is 11.7 Å². The fourth-order valence-corrected chi connectivity index (χ4v) is 5.16. The van der Waals surface area contributed by atoms with Crippen LogP contribution < -0.4 is 15.5 Å². The molecule has 8 heteroatoms. The number of carbonyl (C=O) groups is 2. The van der Waals surface area contributed by atoms with Crippen LogP contribution in [0, 0.1) is 6.92 Å². The number of likely N-dealkylation sites (tertiary alicyclic amines) is 1. The molecule has 4 aromatic rings. The Hall–Kier alpha value is -4.30. The van der Waals surface area contributed by atoms with E-state index in [1.54, 1.807) is 10.6 Å². The van der Waals surface area contributed by atoms with Crippen molar-refractivity contribution in [3.05, 3.63) is 84.1 Å². The standard InChI is InChI=1S/C30H33N5O3/c1-20-8-10-22(11-9-20)31-30(38)32-25-19-24(12-13-27(25)34(3)23-14-16-33(2)17-15-23)35-26-7-5-4-6-21(26)18-28(35)29(36)37/h4-13,18-19,23H,14-17H2,1-3H3,(H,36,37)(H2,31,32,38). The summed E-state index contributed by atoms with van der Waals surface area (Å²) in [5.41, 5.74) is 4.92. The zero-order chi connectivity index (χ0) is 26.8. The molecule has 3 aromatic carbocycles. The predicted octanol–water partition coefficient (Wildman–Crippen LogP) is 5.81. The number of urea groups is 1. The first-order valence-corrected chi connectivity index (χ1v) is 12.8. The highest BCUT2D eigenvalue weighted by Gasteiger charge is 2.24. The lowest BCUT2D eigenvalue weighted by Crippen LogP contribution is -2.42. The first-order chi connectivity index (χ1) is 18.3. The maximum atomic E-state index is 13.1. The number of hydrogen-bond donors (Lipinski definition) is 3. The molecular formula is C30H33N5O3. The van der Waals surface area contributed by atoms with E-state index in [0.29, 0.717) is 23.1 Å². The number of rotatable bonds is 6. The van der Waals surface area contributed by atoms with Crippen molar-refractivity contribution in [2.24, 2.45) is 0 Å². The Bertz CT molecular complexity index is 1470. The Morgan fingerprint density at radius 3 is 2.37 bits per heavy atom. The van der Waals surface area contributed by atoms with Crippen molar-refractivity contribution >= 4 is 40.0 Å². The summed E-state index contributed by atoms with van der Waals surface area (Å²) in [4.78, 5) is 29.8. The maximum Gasteiger partial charge on any atom is 0.352 e. The van der Waals surface area contributed by atoms with Crippen LogP contribution in [0.4, 0.5) is 21.9 Å². The second kappa shape index (κ2) is 10.6. The number of amides is 2. The number of carbonyl (C=O) groups excluding carboxylic acids is 1. The largest absolute Gasteiger partial charge is 0.477 e. The second-order valence-corrected chi connectivity index (χ2v) is 10.0. The summed E-state index contributed by atoms with van der Waals surface area (Å²) < 4.78 is 1.72. The van der Waals surface area contributed by atoms with Crippen molar-refractivity contribution in [1.82, 2.24) is 9.47 Å². The number of fused-ring (bicyclic) bond motifs is 1. The van der Waals surface area contributed by atoms with Crippen LogP contribution in [0.25, 0.3) is 16.6 Å². The Kier molecular flexibility index (Phi) is 7.07. The van der Waals surface area contributed by atoms with Crippen molar-refractivity contribution in [2.45, 2.75) is 25.8 Å². The number of carboxylic acid groups (broad SMARTS) is 1. The third-order valence-electron chi connectivity index (χ3n) is 7.34. The van der Waals surface area contributed by atoms with Crippen molar-refractivity contribution < 1.29 is 14.7 Å². The lowest BCUT2D eigenvalue weighted by Gasteiger charge is -2.37. The summed E-state index contributed by atoms with van der Waals surface area (Å²) in [5.74, 6) is -1.01. The average molecular weight is 512 g/mol. The fraction of sp³-hybridized carbons (Fsp3) is 0.267. The summed E-state index contributed by atoms with van der Waals surface area (Å²) in [6.45, 7) is 4.03. The minimum atomic E-state index is -1.01. The first kappa shape index (κ1) is 25.4. The Labute approximate surface area is 222 Å². The molecule has 1 aliphatic rings. The summed E-state index contributed by atoms with van der Waals surface area (Å²) >= 11 is 0. The number of benzene rings is 3. The number of aromatic nitrogens is 1. The van der Waals surface area contributed by atoms with Crippen molar-refractivity contribution in [1.29, 1.82) is 0 Å². The number of anilines is 3. The van der Waals surface area contributed by atoms with Gasteiger partial charge in [0.05, 0.1) is 16.9 Å². The van der Waals surface area contributed by atoms with E-state index in [2.05, 4.69) is 34.5 Å². The molecule has 8 nitrogen and oxygen atoms in total. The lowest BCUT2D eigenvalue weighted by atomic mass is 10.0. The maximum absolute atomic E-state index is 13.1. The zero-order valence-corrected chi connectivity index (χ0v) is 21.9. The molecule has 2 amide bonds. The van der Waals surface area contributed by atoms with Crippen LogP contribution in [-0.4, -0.2) is 59.8 Å². The van der Waals surface area contributed by atoms with Crippen molar-refractivity contribution in [2.75, 3.05) is 42.7 Å². The monoisotopic (exact) mass is 511 g/mol. The van der Waals surface area contributed by atoms with Crippen LogP contribution in [0.15, 0.2) is 72.8 Å². The zero-order valence-electron chi connectivity index (χ0n) is 21.9. The molecule has 196 valence electrons. The number of aryl methyl sites for hydroxylation is 1. The number of para-hydroxylation sites is 1. The summed E-state index contributed by atoms with van der Waals surface area (Å²) in [7, 11) is 4.19. The molecule has 0 saturated carbocycles. The fourth-order valence-electron chi connectivity index (χ4n) is 5.16. The van der Waals surface area contributed by atoms with Gasteiger partial charge in [0, 0.05) is 29.9 Å². The Morgan fingerprint density at radius 2 is 1.66 bits per heavy atom. The number of piperidine rings is 1. The third-order valence-corrected chi connectivity index (χ3v) is 7.34. The van der Waals surface area contributed by atoms with Gasteiger partial charge in [-0.2, -0.15) is 0 Å². The topological polar surface area (TPSA) is 89.8 Å². The van der Waals surface area contributed by atoms with E-state index in [4.69, 9.17) is 0 Å². The number of nitrogens with one attached hydrogen (secondary N) is 2. The Balaban J connectivity index is 1.54. The van der Waals surface area contributed by atoms with E-state index < -0.39 is 5.97 Å². The third kappa shape index (κ3) is 5.21. The van der Waals surface area contributed by atoms with E-state index in [0.717, 1.165) is 48.1 Å². The molecule has 0 radical (unpaired) electrons. The van der Waals surface area contributed by atoms with Crippen LogP contribution in [0.1, 0.15) is 28.9 Å². The van der Waals surface area contributed by atoms with Gasteiger partial charge in [0.15, 0.2) is 0 Å². The molecule has 1 saturated heterocycles. The minimum Gasteiger partial charge on any atom is -0.477 e. The van der Waals surface area contributed by atoms with Crippen molar-refractivity contribution in [3.8, 4) is 5.69 Å². The lowest BCUT2D eigenvalue weighted by molar-refractivity contribution is 0.0688. The molecule has 0 aliphatic carbocycles. The van der Waals surface area contributed by atoms with Gasteiger partial charge in [0.2, 0.25) is 0 Å². The number of nitrogens with zero attached hydrogens (tertiary/aromatic N) is 3. The first-order valence-electron chi connectivity index (χ1n) is 12.8. The molecule has 0 bridgehead atoms. The van der Waals surface area contributed by atoms with Gasteiger partial charge in [0.1, 0.15) is 5.69 Å². The van der Waals surface area contributed by atoms with Crippen LogP contribution in [0.2, 0.25) is 0 Å². The number of carboxylic acids is 1. The minimum absolute atomic E-state index is 0.165. The molecule has 0 atom stereocenters. The van der Waals surface area contributed by atoms with Gasteiger partial charge in [-0.3, -0.25) is 0 Å². The number of aromatic carboxylic acids is 1. The van der Waals surface area contributed by atoms with Gasteiger partial charge in [0.25, 0.3) is 0 Å². The van der Waals surface area contributed by atoms with Gasteiger partial charge < -0.3 is 30.1 Å². The molecule has 2 heterocycles. The van der Waals surface area contributed by atoms with Crippen molar-refractivity contribution in [3.63, 3.8) is 0 Å². The number of hydrogen-bond acceptors (Lipinski definition) is 4. The Morgan fingerprint density at radius 1 is 0.947 bits per heavy atom. The average Bonchev–Trinajstić information content (AvgIpc) is 3.30. The van der Waals surface area contributed by atoms with Gasteiger partial charge >= 0.3 is 12.0 Å². The highest BCUT2D eigenvalue weighted by Crippen LogP contribution is 2.34. The molecule has 1 aromatic heterocycles. The summed E-state index contributed by atoms with van der Waals surface area (Å²) in [6.07, 6.45) is 2.05. The normalized spacial score (nSPS) is 14.4. The quantitative estimate of drug-likeness (QED) is 0.304. The molecule has 3 N–H and O–H groups in total. The molecule has 1 fully saturated rings. The SMILES string of the molecule is Cc1ccc(NC(=O)Nc2cc(-n3c(C(=O)O)cc4ccccc43)ccc2N(C)C2CCN(C)CC2)cc1. The second-order valence-electron chi connectivity index (χ2n) is 10.0. The van der Waals surface area contributed by atoms with Gasteiger partial charge in [-0.15, -0.1) is 0 Å². The van der Waals surface area contributed by atoms with Gasteiger partial charge in [-0.05, 0) is 82.4 Å². The highest BCUT2D eigenvalue weighted by molar-refractivity contribution is 6.02. The van der Waals surface area contributed by atoms with E-state index in [1.165, 1.54) is 0 Å². The molecule has 38 heavy (non-hydrogen) atoms. The molecule has 1 aliphatic heterocycles. The van der Waals surface area contributed by atoms with Gasteiger partial charge in [-0.1, -0.05) is 35.9 Å². The summed E-state index contributed by atoms with van der Waals surface area (Å²) in [5, 5.41) is 16.7. The molecule has 0 unspecified atom stereocenters. The van der Waals surface area contributed by atoms with Gasteiger partial charge in [-0.25, -0.2) is 9.59 Å². The molecular weight excluding hydrogens is 478 g/mol. The van der Waals surface area contributed by atoms with Crippen LogP contribution >= 0.6 is 0 Å². The smallest absolute Gasteiger partial charge is 0.352 e. The molecule has 5 rings (SSSR count). The van der Waals surface area contributed by atoms with E-state index in [1.807, 2.05) is 73.7 Å². The van der Waals surface area contributed by atoms with Crippen LogP contribution in [0.5, 0.6) is 0 Å². The van der Waals surface area contributed by atoms with Crippen LogP contribution in [-0.2, 0) is 0 Å². The van der Waals surface area contributed by atoms with E-state index >= 15 is 0 Å². The summed E-state index contributed by atoms with van der Waals surface area (Å²) in [6, 6.07) is 22.6. The van der Waals surface area contributed by atoms with Crippen LogP contribution in [0.3, 0.4) is 0 Å².